The molecule has 6 heteroatoms. The molecule has 1 aromatic carbocycles. The fourth-order valence-electron chi connectivity index (χ4n) is 3.27. The summed E-state index contributed by atoms with van der Waals surface area (Å²) in [5.41, 5.74) is 6.55. The van der Waals surface area contributed by atoms with Gasteiger partial charge in [0.25, 0.3) is 5.91 Å². The number of carbonyl (C=O) groups is 2. The minimum absolute atomic E-state index is 0.0263. The van der Waals surface area contributed by atoms with Crippen molar-refractivity contribution in [2.75, 3.05) is 13.1 Å². The molecule has 1 aromatic rings. The van der Waals surface area contributed by atoms with Crippen molar-refractivity contribution in [2.24, 2.45) is 17.1 Å². The second-order valence-corrected chi connectivity index (χ2v) is 8.42. The Kier molecular flexibility index (Phi) is 6.69. The zero-order valence-electron chi connectivity index (χ0n) is 16.1. The third kappa shape index (κ3) is 4.77. The van der Waals surface area contributed by atoms with E-state index in [0.717, 1.165) is 12.8 Å². The third-order valence-corrected chi connectivity index (χ3v) is 5.75. The highest BCUT2D eigenvalue weighted by molar-refractivity contribution is 6.30. The summed E-state index contributed by atoms with van der Waals surface area (Å²) in [6, 6.07) is 6.21. The summed E-state index contributed by atoms with van der Waals surface area (Å²) >= 11 is 5.88. The molecule has 2 amide bonds. The van der Waals surface area contributed by atoms with Gasteiger partial charge in [-0.05, 0) is 42.0 Å². The number of piperidine rings is 1. The predicted octanol–water partition coefficient (Wildman–Crippen LogP) is 3.07. The van der Waals surface area contributed by atoms with Crippen molar-refractivity contribution in [2.45, 2.75) is 52.6 Å². The van der Waals surface area contributed by atoms with Crippen molar-refractivity contribution in [3.8, 4) is 0 Å². The van der Waals surface area contributed by atoms with E-state index in [9.17, 15) is 9.59 Å². The van der Waals surface area contributed by atoms with E-state index < -0.39 is 6.04 Å². The number of nitrogens with one attached hydrogen (secondary N) is 1. The van der Waals surface area contributed by atoms with E-state index in [0.29, 0.717) is 23.7 Å². The lowest BCUT2D eigenvalue weighted by Crippen LogP contribution is -2.59. The maximum atomic E-state index is 13.2. The summed E-state index contributed by atoms with van der Waals surface area (Å²) in [4.78, 5) is 27.6. The van der Waals surface area contributed by atoms with Crippen molar-refractivity contribution in [1.82, 2.24) is 10.2 Å². The van der Waals surface area contributed by atoms with E-state index >= 15 is 0 Å². The molecule has 2 rings (SSSR count). The van der Waals surface area contributed by atoms with Crippen molar-refractivity contribution >= 4 is 23.4 Å². The van der Waals surface area contributed by atoms with Crippen LogP contribution in [0.4, 0.5) is 0 Å². The van der Waals surface area contributed by atoms with Gasteiger partial charge in [-0.15, -0.1) is 0 Å². The van der Waals surface area contributed by atoms with E-state index in [4.69, 9.17) is 17.3 Å². The highest BCUT2D eigenvalue weighted by atomic mass is 35.5. The first-order chi connectivity index (χ1) is 12.2. The molecule has 0 saturated carbocycles. The zero-order chi connectivity index (χ0) is 19.5. The smallest absolute Gasteiger partial charge is 0.251 e. The van der Waals surface area contributed by atoms with E-state index in [-0.39, 0.29) is 29.2 Å². The monoisotopic (exact) mass is 379 g/mol. The van der Waals surface area contributed by atoms with Crippen LogP contribution >= 0.6 is 11.6 Å². The molecular formula is C20H30ClN3O2. The van der Waals surface area contributed by atoms with Gasteiger partial charge in [0.15, 0.2) is 0 Å². The average molecular weight is 380 g/mol. The molecule has 3 N–H and O–H groups in total. The fourth-order valence-corrected chi connectivity index (χ4v) is 3.39. The molecule has 3 atom stereocenters. The Hall–Kier alpha value is -1.59. The van der Waals surface area contributed by atoms with Gasteiger partial charge in [0.05, 0.1) is 0 Å². The Balaban J connectivity index is 2.15. The molecule has 0 aliphatic carbocycles. The Morgan fingerprint density at radius 1 is 1.35 bits per heavy atom. The highest BCUT2D eigenvalue weighted by Gasteiger charge is 2.38. The van der Waals surface area contributed by atoms with Crippen molar-refractivity contribution in [3.63, 3.8) is 0 Å². The lowest BCUT2D eigenvalue weighted by molar-refractivity contribution is -0.138. The van der Waals surface area contributed by atoms with E-state index in [1.165, 1.54) is 0 Å². The van der Waals surface area contributed by atoms with Gasteiger partial charge >= 0.3 is 0 Å². The fraction of sp³-hybridized carbons (Fsp3) is 0.600. The van der Waals surface area contributed by atoms with Crippen LogP contribution in [0.25, 0.3) is 0 Å². The van der Waals surface area contributed by atoms with Gasteiger partial charge in [-0.25, -0.2) is 0 Å². The number of hydrogen-bond donors (Lipinski definition) is 2. The van der Waals surface area contributed by atoms with Crippen LogP contribution in [0.5, 0.6) is 0 Å². The number of amides is 2. The molecule has 1 heterocycles. The highest BCUT2D eigenvalue weighted by Crippen LogP contribution is 2.28. The number of likely N-dealkylation sites (tertiary alicyclic amines) is 1. The maximum absolute atomic E-state index is 13.2. The minimum atomic E-state index is -0.548. The van der Waals surface area contributed by atoms with Crippen molar-refractivity contribution in [1.29, 1.82) is 0 Å². The van der Waals surface area contributed by atoms with Crippen LogP contribution < -0.4 is 11.1 Å². The van der Waals surface area contributed by atoms with Gasteiger partial charge in [-0.1, -0.05) is 45.7 Å². The first-order valence-electron chi connectivity index (χ1n) is 9.26. The Morgan fingerprint density at radius 2 is 1.96 bits per heavy atom. The zero-order valence-corrected chi connectivity index (χ0v) is 16.8. The number of rotatable bonds is 5. The lowest BCUT2D eigenvalue weighted by atomic mass is 9.79. The van der Waals surface area contributed by atoms with Crippen LogP contribution in [0.15, 0.2) is 24.3 Å². The molecule has 26 heavy (non-hydrogen) atoms. The van der Waals surface area contributed by atoms with Gasteiger partial charge in [-0.3, -0.25) is 9.59 Å². The van der Waals surface area contributed by atoms with E-state index in [2.05, 4.69) is 19.2 Å². The van der Waals surface area contributed by atoms with Gasteiger partial charge in [0.1, 0.15) is 6.04 Å². The van der Waals surface area contributed by atoms with E-state index in [1.807, 2.05) is 18.7 Å². The second-order valence-electron chi connectivity index (χ2n) is 7.99. The van der Waals surface area contributed by atoms with Crippen LogP contribution in [0, 0.1) is 11.3 Å². The molecule has 1 saturated heterocycles. The standard InChI is InChI=1S/C20H30ClN3O2/c1-5-13(2)17(23-18(25)14-6-8-15(21)9-7-14)19(26)24-11-10-16(22)20(3,4)12-24/h6-9,13,16-17H,5,10-12,22H2,1-4H3,(H,23,25). The average Bonchev–Trinajstić information content (AvgIpc) is 2.61. The molecule has 0 bridgehead atoms. The molecule has 0 radical (unpaired) electrons. The van der Waals surface area contributed by atoms with Crippen LogP contribution in [0.3, 0.4) is 0 Å². The second kappa shape index (κ2) is 8.40. The quantitative estimate of drug-likeness (QED) is 0.825. The summed E-state index contributed by atoms with van der Waals surface area (Å²) in [5, 5.41) is 3.51. The predicted molar refractivity (Wildman–Crippen MR) is 105 cm³/mol. The van der Waals surface area contributed by atoms with Crippen LogP contribution in [0.2, 0.25) is 5.02 Å². The lowest BCUT2D eigenvalue weighted by Gasteiger charge is -2.44. The van der Waals surface area contributed by atoms with Crippen LogP contribution in [-0.2, 0) is 4.79 Å². The van der Waals surface area contributed by atoms with Gasteiger partial charge in [0.2, 0.25) is 5.91 Å². The van der Waals surface area contributed by atoms with Gasteiger partial charge in [-0.2, -0.15) is 0 Å². The summed E-state index contributed by atoms with van der Waals surface area (Å²) in [5.74, 6) is -0.243. The Labute approximate surface area is 161 Å². The first-order valence-corrected chi connectivity index (χ1v) is 9.64. The van der Waals surface area contributed by atoms with Gasteiger partial charge < -0.3 is 16.0 Å². The topological polar surface area (TPSA) is 75.4 Å². The summed E-state index contributed by atoms with van der Waals surface area (Å²) in [6.45, 7) is 9.42. The number of nitrogens with two attached hydrogens (primary N) is 1. The molecule has 3 unspecified atom stereocenters. The summed E-state index contributed by atoms with van der Waals surface area (Å²) in [7, 11) is 0. The Morgan fingerprint density at radius 3 is 2.50 bits per heavy atom. The molecule has 1 fully saturated rings. The summed E-state index contributed by atoms with van der Waals surface area (Å²) in [6.07, 6.45) is 1.57. The molecule has 1 aliphatic rings. The molecule has 0 spiro atoms. The number of benzene rings is 1. The normalized spacial score (nSPS) is 21.8. The largest absolute Gasteiger partial charge is 0.340 e. The number of hydrogen-bond acceptors (Lipinski definition) is 3. The van der Waals surface area contributed by atoms with Crippen molar-refractivity contribution < 1.29 is 9.59 Å². The van der Waals surface area contributed by atoms with Crippen LogP contribution in [0.1, 0.15) is 50.9 Å². The van der Waals surface area contributed by atoms with Crippen LogP contribution in [-0.4, -0.2) is 41.9 Å². The first kappa shape index (κ1) is 20.7. The Bertz CT molecular complexity index is 645. The molecular weight excluding hydrogens is 350 g/mol. The summed E-state index contributed by atoms with van der Waals surface area (Å²) < 4.78 is 0. The van der Waals surface area contributed by atoms with Crippen molar-refractivity contribution in [3.05, 3.63) is 34.9 Å². The molecule has 1 aliphatic heterocycles. The molecule has 0 aromatic heterocycles. The maximum Gasteiger partial charge on any atom is 0.251 e. The SMILES string of the molecule is CCC(C)C(NC(=O)c1ccc(Cl)cc1)C(=O)N1CCC(N)C(C)(C)C1. The number of nitrogens with zero attached hydrogens (tertiary/aromatic N) is 1. The number of carbonyl (C=O) groups excluding carboxylic acids is 2. The number of halogens is 1. The molecule has 144 valence electrons. The van der Waals surface area contributed by atoms with Gasteiger partial charge in [0, 0.05) is 29.7 Å². The molecule has 5 nitrogen and oxygen atoms in total. The van der Waals surface area contributed by atoms with E-state index in [1.54, 1.807) is 24.3 Å². The third-order valence-electron chi connectivity index (χ3n) is 5.50. The minimum Gasteiger partial charge on any atom is -0.340 e.